The fourth-order valence-corrected chi connectivity index (χ4v) is 4.14. The van der Waals surface area contributed by atoms with Crippen LogP contribution in [0.25, 0.3) is 0 Å². The van der Waals surface area contributed by atoms with Gasteiger partial charge >= 0.3 is 6.03 Å². The van der Waals surface area contributed by atoms with Gasteiger partial charge in [0.15, 0.2) is 0 Å². The fraction of sp³-hybridized carbons (Fsp3) is 0.217. The molecule has 0 fully saturated rings. The average molecular weight is 406 g/mol. The molecule has 0 unspecified atom stereocenters. The lowest BCUT2D eigenvalue weighted by atomic mass is 10.0. The summed E-state index contributed by atoms with van der Waals surface area (Å²) in [7, 11) is 0. The van der Waals surface area contributed by atoms with E-state index in [9.17, 15) is 9.59 Å². The van der Waals surface area contributed by atoms with Crippen LogP contribution in [0.2, 0.25) is 0 Å². The third kappa shape index (κ3) is 4.84. The summed E-state index contributed by atoms with van der Waals surface area (Å²) < 4.78 is 0. The molecule has 3 amide bonds. The number of benzene rings is 2. The van der Waals surface area contributed by atoms with Crippen molar-refractivity contribution >= 4 is 29.0 Å². The second-order valence-electron chi connectivity index (χ2n) is 7.03. The van der Waals surface area contributed by atoms with Gasteiger partial charge in [-0.2, -0.15) is 0 Å². The van der Waals surface area contributed by atoms with E-state index in [4.69, 9.17) is 0 Å². The normalized spacial score (nSPS) is 12.9. The molecule has 0 bridgehead atoms. The van der Waals surface area contributed by atoms with Crippen molar-refractivity contribution in [3.05, 3.63) is 87.6 Å². The average Bonchev–Trinajstić information content (AvgIpc) is 3.27. The number of urea groups is 1. The van der Waals surface area contributed by atoms with Crippen LogP contribution in [0.1, 0.15) is 26.4 Å². The van der Waals surface area contributed by atoms with Crippen LogP contribution >= 0.6 is 11.3 Å². The Labute approximate surface area is 174 Å². The van der Waals surface area contributed by atoms with Gasteiger partial charge < -0.3 is 15.5 Å². The standard InChI is InChI=1S/C23H23N3O2S/c27-22(24-13-11-21-6-3-15-29-21)18-7-9-20(10-8-18)25-23(28)26-14-12-17-4-1-2-5-19(17)16-26/h1-10,15H,11-14,16H2,(H,24,27)(H,25,28). The van der Waals surface area contributed by atoms with Gasteiger partial charge in [0.25, 0.3) is 5.91 Å². The molecule has 5 nitrogen and oxygen atoms in total. The van der Waals surface area contributed by atoms with Crippen molar-refractivity contribution in [3.8, 4) is 0 Å². The Morgan fingerprint density at radius 2 is 1.76 bits per heavy atom. The molecule has 3 aromatic rings. The predicted molar refractivity (Wildman–Crippen MR) is 116 cm³/mol. The van der Waals surface area contributed by atoms with Crippen LogP contribution in [0, 0.1) is 0 Å². The summed E-state index contributed by atoms with van der Waals surface area (Å²) in [6.07, 6.45) is 1.70. The molecule has 2 heterocycles. The molecule has 0 saturated carbocycles. The highest BCUT2D eigenvalue weighted by molar-refractivity contribution is 7.09. The highest BCUT2D eigenvalue weighted by Crippen LogP contribution is 2.19. The quantitative estimate of drug-likeness (QED) is 0.664. The molecule has 0 aliphatic carbocycles. The van der Waals surface area contributed by atoms with Gasteiger partial charge in [-0.15, -0.1) is 11.3 Å². The number of hydrogen-bond donors (Lipinski definition) is 2. The van der Waals surface area contributed by atoms with Crippen molar-refractivity contribution in [2.75, 3.05) is 18.4 Å². The SMILES string of the molecule is O=C(NCCc1cccs1)c1ccc(NC(=O)N2CCc3ccccc3C2)cc1. The van der Waals surface area contributed by atoms with Gasteiger partial charge in [0.2, 0.25) is 0 Å². The highest BCUT2D eigenvalue weighted by Gasteiger charge is 2.20. The number of amides is 3. The van der Waals surface area contributed by atoms with Gasteiger partial charge in [0.05, 0.1) is 0 Å². The van der Waals surface area contributed by atoms with Gasteiger partial charge in [0.1, 0.15) is 0 Å². The first-order chi connectivity index (χ1) is 14.2. The van der Waals surface area contributed by atoms with Crippen molar-refractivity contribution in [1.29, 1.82) is 0 Å². The number of fused-ring (bicyclic) bond motifs is 1. The van der Waals surface area contributed by atoms with Crippen LogP contribution in [-0.2, 0) is 19.4 Å². The van der Waals surface area contributed by atoms with Crippen molar-refractivity contribution in [3.63, 3.8) is 0 Å². The van der Waals surface area contributed by atoms with Crippen molar-refractivity contribution in [2.24, 2.45) is 0 Å². The molecule has 0 saturated heterocycles. The second-order valence-corrected chi connectivity index (χ2v) is 8.07. The minimum Gasteiger partial charge on any atom is -0.352 e. The number of hydrogen-bond acceptors (Lipinski definition) is 3. The van der Waals surface area contributed by atoms with E-state index in [0.29, 0.717) is 30.9 Å². The molecule has 1 aliphatic rings. The number of anilines is 1. The minimum atomic E-state index is -0.118. The number of thiophene rings is 1. The maximum absolute atomic E-state index is 12.6. The molecule has 0 radical (unpaired) electrons. The van der Waals surface area contributed by atoms with Crippen molar-refractivity contribution < 1.29 is 9.59 Å². The van der Waals surface area contributed by atoms with Crippen LogP contribution in [0.4, 0.5) is 10.5 Å². The lowest BCUT2D eigenvalue weighted by Crippen LogP contribution is -2.38. The molecule has 1 aromatic heterocycles. The van der Waals surface area contributed by atoms with Crippen LogP contribution in [0.15, 0.2) is 66.0 Å². The van der Waals surface area contributed by atoms with E-state index in [0.717, 1.165) is 12.8 Å². The smallest absolute Gasteiger partial charge is 0.322 e. The summed E-state index contributed by atoms with van der Waals surface area (Å²) in [6, 6.07) is 19.2. The predicted octanol–water partition coefficient (Wildman–Crippen LogP) is 4.31. The molecule has 29 heavy (non-hydrogen) atoms. The summed E-state index contributed by atoms with van der Waals surface area (Å²) in [4.78, 5) is 27.9. The van der Waals surface area contributed by atoms with Gasteiger partial charge in [-0.25, -0.2) is 4.79 Å². The molecular weight excluding hydrogens is 382 g/mol. The first-order valence-electron chi connectivity index (χ1n) is 9.72. The molecule has 0 spiro atoms. The summed E-state index contributed by atoms with van der Waals surface area (Å²) in [5.41, 5.74) is 3.78. The second kappa shape index (κ2) is 8.92. The van der Waals surface area contributed by atoms with E-state index in [1.807, 2.05) is 28.5 Å². The van der Waals surface area contributed by atoms with Crippen LogP contribution < -0.4 is 10.6 Å². The molecule has 148 valence electrons. The Morgan fingerprint density at radius 3 is 2.52 bits per heavy atom. The minimum absolute atomic E-state index is 0.105. The van der Waals surface area contributed by atoms with Crippen LogP contribution in [-0.4, -0.2) is 29.9 Å². The Morgan fingerprint density at radius 1 is 0.966 bits per heavy atom. The highest BCUT2D eigenvalue weighted by atomic mass is 32.1. The summed E-state index contributed by atoms with van der Waals surface area (Å²) in [6.45, 7) is 1.93. The Kier molecular flexibility index (Phi) is 5.91. The van der Waals surface area contributed by atoms with Gasteiger partial charge in [-0.3, -0.25) is 4.79 Å². The van der Waals surface area contributed by atoms with Crippen LogP contribution in [0.5, 0.6) is 0 Å². The Hall–Kier alpha value is -3.12. The van der Waals surface area contributed by atoms with E-state index >= 15 is 0 Å². The first-order valence-corrected chi connectivity index (χ1v) is 10.6. The van der Waals surface area contributed by atoms with Gasteiger partial charge in [-0.05, 0) is 59.7 Å². The first kappa shape index (κ1) is 19.2. The number of rotatable bonds is 5. The number of nitrogens with zero attached hydrogens (tertiary/aromatic N) is 1. The summed E-state index contributed by atoms with van der Waals surface area (Å²) >= 11 is 1.69. The topological polar surface area (TPSA) is 61.4 Å². The molecule has 4 rings (SSSR count). The molecule has 2 aromatic carbocycles. The van der Waals surface area contributed by atoms with Crippen molar-refractivity contribution in [2.45, 2.75) is 19.4 Å². The molecule has 0 atom stereocenters. The zero-order chi connectivity index (χ0) is 20.1. The fourth-order valence-electron chi connectivity index (χ4n) is 3.43. The summed E-state index contributed by atoms with van der Waals surface area (Å²) in [5.74, 6) is -0.105. The molecule has 2 N–H and O–H groups in total. The molecule has 1 aliphatic heterocycles. The number of nitrogens with one attached hydrogen (secondary N) is 2. The number of carbonyl (C=O) groups is 2. The Balaban J connectivity index is 1.29. The van der Waals surface area contributed by atoms with Crippen molar-refractivity contribution in [1.82, 2.24) is 10.2 Å². The van der Waals surface area contributed by atoms with E-state index in [1.165, 1.54) is 16.0 Å². The summed E-state index contributed by atoms with van der Waals surface area (Å²) in [5, 5.41) is 7.89. The monoisotopic (exact) mass is 405 g/mol. The van der Waals surface area contributed by atoms with E-state index < -0.39 is 0 Å². The third-order valence-corrected chi connectivity index (χ3v) is 5.99. The van der Waals surface area contributed by atoms with Crippen LogP contribution in [0.3, 0.4) is 0 Å². The largest absolute Gasteiger partial charge is 0.352 e. The number of carbonyl (C=O) groups excluding carboxylic acids is 2. The maximum Gasteiger partial charge on any atom is 0.322 e. The zero-order valence-electron chi connectivity index (χ0n) is 16.1. The Bertz CT molecular complexity index is 984. The van der Waals surface area contributed by atoms with Gasteiger partial charge in [0, 0.05) is 35.8 Å². The maximum atomic E-state index is 12.6. The third-order valence-electron chi connectivity index (χ3n) is 5.05. The van der Waals surface area contributed by atoms with E-state index in [2.05, 4.69) is 28.8 Å². The lowest BCUT2D eigenvalue weighted by Gasteiger charge is -2.29. The van der Waals surface area contributed by atoms with Gasteiger partial charge in [-0.1, -0.05) is 30.3 Å². The lowest BCUT2D eigenvalue weighted by molar-refractivity contribution is 0.0954. The zero-order valence-corrected chi connectivity index (χ0v) is 16.9. The van der Waals surface area contributed by atoms with E-state index in [1.54, 1.807) is 35.6 Å². The molecular formula is C23H23N3O2S. The molecule has 6 heteroatoms. The van der Waals surface area contributed by atoms with E-state index in [-0.39, 0.29) is 11.9 Å².